The van der Waals surface area contributed by atoms with Gasteiger partial charge in [-0.25, -0.2) is 14.2 Å². The Hall–Kier alpha value is -4.04. The predicted molar refractivity (Wildman–Crippen MR) is 113 cm³/mol. The van der Waals surface area contributed by atoms with Crippen LogP contribution in [-0.2, 0) is 0 Å². The number of carbonyl (C=O) groups is 1. The molecule has 0 saturated carbocycles. The van der Waals surface area contributed by atoms with Crippen LogP contribution in [-0.4, -0.2) is 30.2 Å². The minimum Gasteiger partial charge on any atom is -0.267 e. The lowest BCUT2D eigenvalue weighted by Crippen LogP contribution is -2.33. The standard InChI is InChI=1S/C21H13ClN6O2/c22-15-5-3-13(4-6-15)16-12-25-28-18-7-9-27(21(30)17(18)11-24-19(16)28)26-20(29)14-2-1-8-23-10-14/h1-12H,(H,26,29). The average Bonchev–Trinajstić information content (AvgIpc) is 3.21. The van der Waals surface area contributed by atoms with Crippen molar-refractivity contribution in [1.82, 2.24) is 24.3 Å². The molecule has 9 heteroatoms. The molecule has 0 saturated heterocycles. The highest BCUT2D eigenvalue weighted by Crippen LogP contribution is 2.26. The molecule has 146 valence electrons. The highest BCUT2D eigenvalue weighted by molar-refractivity contribution is 6.30. The van der Waals surface area contributed by atoms with Crippen molar-refractivity contribution in [1.29, 1.82) is 0 Å². The molecule has 1 aromatic carbocycles. The van der Waals surface area contributed by atoms with Crippen LogP contribution in [0.25, 0.3) is 27.7 Å². The molecular formula is C21H13ClN6O2. The van der Waals surface area contributed by atoms with E-state index in [1.807, 2.05) is 12.1 Å². The number of pyridine rings is 2. The molecule has 0 aliphatic heterocycles. The Morgan fingerprint density at radius 2 is 1.87 bits per heavy atom. The van der Waals surface area contributed by atoms with Crippen molar-refractivity contribution < 1.29 is 4.79 Å². The summed E-state index contributed by atoms with van der Waals surface area (Å²) < 4.78 is 2.72. The summed E-state index contributed by atoms with van der Waals surface area (Å²) in [6, 6.07) is 12.3. The van der Waals surface area contributed by atoms with E-state index < -0.39 is 11.5 Å². The Balaban J connectivity index is 1.58. The quantitative estimate of drug-likeness (QED) is 0.487. The Labute approximate surface area is 174 Å². The van der Waals surface area contributed by atoms with Gasteiger partial charge in [0.15, 0.2) is 5.65 Å². The smallest absolute Gasteiger partial charge is 0.267 e. The molecule has 5 rings (SSSR count). The third-order valence-corrected chi connectivity index (χ3v) is 4.95. The highest BCUT2D eigenvalue weighted by Gasteiger charge is 2.14. The van der Waals surface area contributed by atoms with Gasteiger partial charge in [0.2, 0.25) is 0 Å². The minimum absolute atomic E-state index is 0.322. The van der Waals surface area contributed by atoms with E-state index in [9.17, 15) is 9.59 Å². The van der Waals surface area contributed by atoms with Crippen LogP contribution in [0.4, 0.5) is 0 Å². The Morgan fingerprint density at radius 3 is 2.63 bits per heavy atom. The fourth-order valence-corrected chi connectivity index (χ4v) is 3.33. The molecule has 0 aliphatic carbocycles. The van der Waals surface area contributed by atoms with E-state index in [0.717, 1.165) is 15.8 Å². The number of halogens is 1. The second-order valence-electron chi connectivity index (χ2n) is 6.53. The van der Waals surface area contributed by atoms with Crippen molar-refractivity contribution in [2.45, 2.75) is 0 Å². The number of aromatic nitrogens is 5. The zero-order valence-electron chi connectivity index (χ0n) is 15.4. The van der Waals surface area contributed by atoms with E-state index >= 15 is 0 Å². The summed E-state index contributed by atoms with van der Waals surface area (Å²) in [4.78, 5) is 33.6. The van der Waals surface area contributed by atoms with Crippen LogP contribution in [0.2, 0.25) is 5.02 Å². The van der Waals surface area contributed by atoms with Crippen molar-refractivity contribution in [2.24, 2.45) is 0 Å². The van der Waals surface area contributed by atoms with E-state index in [1.54, 1.807) is 47.2 Å². The van der Waals surface area contributed by atoms with Gasteiger partial charge in [-0.2, -0.15) is 5.10 Å². The SMILES string of the molecule is O=C(Nn1ccc2c(cnc3c(-c4ccc(Cl)cc4)cnn32)c1=O)c1cccnc1. The number of amides is 1. The molecule has 1 N–H and O–H groups in total. The van der Waals surface area contributed by atoms with Crippen LogP contribution >= 0.6 is 11.6 Å². The normalized spacial score (nSPS) is 11.1. The molecule has 0 radical (unpaired) electrons. The minimum atomic E-state index is -0.442. The van der Waals surface area contributed by atoms with Crippen molar-refractivity contribution >= 4 is 34.1 Å². The van der Waals surface area contributed by atoms with Gasteiger partial charge in [-0.05, 0) is 35.9 Å². The molecule has 0 spiro atoms. The molecule has 0 bridgehead atoms. The van der Waals surface area contributed by atoms with Gasteiger partial charge in [0, 0.05) is 35.4 Å². The second kappa shape index (κ2) is 7.09. The fourth-order valence-electron chi connectivity index (χ4n) is 3.21. The van der Waals surface area contributed by atoms with Gasteiger partial charge < -0.3 is 0 Å². The summed E-state index contributed by atoms with van der Waals surface area (Å²) in [5.41, 5.74) is 5.42. The number of hydrogen-bond donors (Lipinski definition) is 1. The molecule has 0 atom stereocenters. The molecule has 0 unspecified atom stereocenters. The molecule has 30 heavy (non-hydrogen) atoms. The summed E-state index contributed by atoms with van der Waals surface area (Å²) in [7, 11) is 0. The van der Waals surface area contributed by atoms with Crippen LogP contribution < -0.4 is 11.0 Å². The summed E-state index contributed by atoms with van der Waals surface area (Å²) in [6.45, 7) is 0. The Morgan fingerprint density at radius 1 is 1.03 bits per heavy atom. The van der Waals surface area contributed by atoms with Gasteiger partial charge in [0.05, 0.1) is 22.7 Å². The van der Waals surface area contributed by atoms with E-state index in [2.05, 4.69) is 20.5 Å². The largest absolute Gasteiger partial charge is 0.280 e. The van der Waals surface area contributed by atoms with Gasteiger partial charge in [-0.3, -0.25) is 20.0 Å². The van der Waals surface area contributed by atoms with Gasteiger partial charge >= 0.3 is 0 Å². The molecule has 0 aliphatic rings. The summed E-state index contributed by atoms with van der Waals surface area (Å²) in [6.07, 6.45) is 7.66. The molecule has 8 nitrogen and oxygen atoms in total. The summed E-state index contributed by atoms with van der Waals surface area (Å²) in [5.74, 6) is -0.442. The number of carbonyl (C=O) groups excluding carboxylic acids is 1. The van der Waals surface area contributed by atoms with Gasteiger partial charge in [-0.1, -0.05) is 23.7 Å². The number of nitrogens with one attached hydrogen (secondary N) is 1. The van der Waals surface area contributed by atoms with Crippen LogP contribution in [0.3, 0.4) is 0 Å². The van der Waals surface area contributed by atoms with Crippen molar-refractivity contribution in [3.63, 3.8) is 0 Å². The number of benzene rings is 1. The number of fused-ring (bicyclic) bond motifs is 3. The molecule has 4 aromatic heterocycles. The molecule has 4 heterocycles. The lowest BCUT2D eigenvalue weighted by atomic mass is 10.1. The second-order valence-corrected chi connectivity index (χ2v) is 6.97. The number of hydrogen-bond acceptors (Lipinski definition) is 5. The van der Waals surface area contributed by atoms with Crippen molar-refractivity contribution in [2.75, 3.05) is 5.43 Å². The van der Waals surface area contributed by atoms with Gasteiger partial charge in [0.1, 0.15) is 0 Å². The number of nitrogens with zero attached hydrogens (tertiary/aromatic N) is 5. The fraction of sp³-hybridized carbons (Fsp3) is 0. The first kappa shape index (κ1) is 18.0. The zero-order chi connectivity index (χ0) is 20.7. The predicted octanol–water partition coefficient (Wildman–Crippen LogP) is 3.14. The first-order chi connectivity index (χ1) is 14.6. The first-order valence-corrected chi connectivity index (χ1v) is 9.35. The molecule has 1 amide bonds. The van der Waals surface area contributed by atoms with Crippen LogP contribution in [0.15, 0.2) is 78.2 Å². The lowest BCUT2D eigenvalue weighted by Gasteiger charge is -2.09. The monoisotopic (exact) mass is 416 g/mol. The Bertz CT molecular complexity index is 1460. The van der Waals surface area contributed by atoms with Crippen LogP contribution in [0.1, 0.15) is 10.4 Å². The number of rotatable bonds is 3. The third kappa shape index (κ3) is 2.99. The van der Waals surface area contributed by atoms with E-state index in [0.29, 0.717) is 27.1 Å². The van der Waals surface area contributed by atoms with E-state index in [1.165, 1.54) is 18.6 Å². The molecular weight excluding hydrogens is 404 g/mol. The molecule has 0 fully saturated rings. The topological polar surface area (TPSA) is 94.2 Å². The maximum atomic E-state index is 12.9. The maximum Gasteiger partial charge on any atom is 0.280 e. The van der Waals surface area contributed by atoms with Crippen LogP contribution in [0, 0.1) is 0 Å². The van der Waals surface area contributed by atoms with E-state index in [-0.39, 0.29) is 0 Å². The zero-order valence-corrected chi connectivity index (χ0v) is 16.1. The first-order valence-electron chi connectivity index (χ1n) is 8.97. The lowest BCUT2D eigenvalue weighted by molar-refractivity contribution is 0.101. The van der Waals surface area contributed by atoms with E-state index in [4.69, 9.17) is 11.6 Å². The average molecular weight is 417 g/mol. The van der Waals surface area contributed by atoms with Crippen molar-refractivity contribution in [3.05, 3.63) is 94.4 Å². The van der Waals surface area contributed by atoms with Gasteiger partial charge in [0.25, 0.3) is 11.5 Å². The maximum absolute atomic E-state index is 12.9. The van der Waals surface area contributed by atoms with Crippen molar-refractivity contribution in [3.8, 4) is 11.1 Å². The summed E-state index contributed by atoms with van der Waals surface area (Å²) in [5, 5.41) is 5.37. The van der Waals surface area contributed by atoms with Crippen LogP contribution in [0.5, 0.6) is 0 Å². The molecule has 5 aromatic rings. The highest BCUT2D eigenvalue weighted by atomic mass is 35.5. The Kier molecular flexibility index (Phi) is 4.26. The summed E-state index contributed by atoms with van der Waals surface area (Å²) >= 11 is 5.97. The van der Waals surface area contributed by atoms with Gasteiger partial charge in [-0.15, -0.1) is 0 Å². The third-order valence-electron chi connectivity index (χ3n) is 4.70.